The zero-order chi connectivity index (χ0) is 12.6. The Bertz CT molecular complexity index is 363. The predicted molar refractivity (Wildman–Crippen MR) is 60.2 cm³/mol. The molecule has 1 rings (SSSR count). The van der Waals surface area contributed by atoms with Crippen LogP contribution in [0, 0.1) is 10.1 Å². The first-order valence-corrected chi connectivity index (χ1v) is 4.93. The number of carbonyl (C=O) groups is 1. The van der Waals surface area contributed by atoms with Gasteiger partial charge < -0.3 is 4.74 Å². The second kappa shape index (κ2) is 7.39. The van der Waals surface area contributed by atoms with Gasteiger partial charge in [-0.1, -0.05) is 26.0 Å². The Kier molecular flexibility index (Phi) is 6.51. The molecule has 0 fully saturated rings. The SMILES string of the molecule is CC.COC(=O)Cc1cccc([N+](=O)[O-])c1. The lowest BCUT2D eigenvalue weighted by Crippen LogP contribution is -2.04. The molecule has 16 heavy (non-hydrogen) atoms. The molecule has 0 bridgehead atoms. The van der Waals surface area contributed by atoms with E-state index >= 15 is 0 Å². The third kappa shape index (κ3) is 4.54. The van der Waals surface area contributed by atoms with Gasteiger partial charge in [0.15, 0.2) is 0 Å². The highest BCUT2D eigenvalue weighted by Gasteiger charge is 2.08. The number of hydrogen-bond acceptors (Lipinski definition) is 4. The number of rotatable bonds is 3. The monoisotopic (exact) mass is 225 g/mol. The molecule has 0 radical (unpaired) electrons. The first-order chi connectivity index (χ1) is 7.63. The van der Waals surface area contributed by atoms with Gasteiger partial charge in [0.2, 0.25) is 0 Å². The number of esters is 1. The van der Waals surface area contributed by atoms with E-state index in [4.69, 9.17) is 0 Å². The molecule has 0 N–H and O–H groups in total. The highest BCUT2D eigenvalue weighted by molar-refractivity contribution is 5.72. The molecule has 0 saturated heterocycles. The number of non-ortho nitro benzene ring substituents is 1. The Morgan fingerprint density at radius 3 is 2.56 bits per heavy atom. The molecule has 5 nitrogen and oxygen atoms in total. The standard InChI is InChI=1S/C9H9NO4.C2H6/c1-14-9(11)6-7-3-2-4-8(5-7)10(12)13;1-2/h2-5H,6H2,1H3;1-2H3. The summed E-state index contributed by atoms with van der Waals surface area (Å²) < 4.78 is 4.45. The lowest BCUT2D eigenvalue weighted by Gasteiger charge is -1.99. The maximum absolute atomic E-state index is 10.9. The fourth-order valence-electron chi connectivity index (χ4n) is 1.02. The van der Waals surface area contributed by atoms with E-state index in [1.807, 2.05) is 13.8 Å². The Balaban J connectivity index is 0.00000106. The van der Waals surface area contributed by atoms with Gasteiger partial charge in [-0.25, -0.2) is 0 Å². The van der Waals surface area contributed by atoms with Crippen LogP contribution in [0.1, 0.15) is 19.4 Å². The van der Waals surface area contributed by atoms with Gasteiger partial charge in [0.25, 0.3) is 5.69 Å². The molecule has 1 aromatic rings. The highest BCUT2D eigenvalue weighted by Crippen LogP contribution is 2.13. The van der Waals surface area contributed by atoms with Crippen molar-refractivity contribution in [3.63, 3.8) is 0 Å². The number of hydrogen-bond donors (Lipinski definition) is 0. The smallest absolute Gasteiger partial charge is 0.309 e. The Morgan fingerprint density at radius 1 is 1.44 bits per heavy atom. The quantitative estimate of drug-likeness (QED) is 0.449. The van der Waals surface area contributed by atoms with E-state index in [1.165, 1.54) is 25.3 Å². The van der Waals surface area contributed by atoms with Crippen molar-refractivity contribution in [3.05, 3.63) is 39.9 Å². The largest absolute Gasteiger partial charge is 0.469 e. The van der Waals surface area contributed by atoms with Gasteiger partial charge in [-0.2, -0.15) is 0 Å². The zero-order valence-electron chi connectivity index (χ0n) is 9.60. The molecule has 88 valence electrons. The van der Waals surface area contributed by atoms with E-state index in [0.29, 0.717) is 5.56 Å². The fourth-order valence-corrected chi connectivity index (χ4v) is 1.02. The van der Waals surface area contributed by atoms with E-state index in [0.717, 1.165) is 0 Å². The predicted octanol–water partition coefficient (Wildman–Crippen LogP) is 2.34. The minimum Gasteiger partial charge on any atom is -0.469 e. The van der Waals surface area contributed by atoms with Crippen molar-refractivity contribution >= 4 is 11.7 Å². The summed E-state index contributed by atoms with van der Waals surface area (Å²) in [4.78, 5) is 20.8. The van der Waals surface area contributed by atoms with Crippen LogP contribution >= 0.6 is 0 Å². The van der Waals surface area contributed by atoms with Gasteiger partial charge in [-0.3, -0.25) is 14.9 Å². The molecular formula is C11H15NO4. The molecule has 0 aliphatic carbocycles. The van der Waals surface area contributed by atoms with E-state index in [2.05, 4.69) is 4.74 Å². The molecule has 0 aliphatic heterocycles. The van der Waals surface area contributed by atoms with Crippen LogP contribution in [0.4, 0.5) is 5.69 Å². The summed E-state index contributed by atoms with van der Waals surface area (Å²) in [6.07, 6.45) is 0.0537. The van der Waals surface area contributed by atoms with Gasteiger partial charge in [0.1, 0.15) is 0 Å². The average Bonchev–Trinajstić information content (AvgIpc) is 2.32. The van der Waals surface area contributed by atoms with E-state index in [1.54, 1.807) is 6.07 Å². The molecule has 0 aliphatic rings. The van der Waals surface area contributed by atoms with Gasteiger partial charge in [-0.05, 0) is 5.56 Å². The van der Waals surface area contributed by atoms with E-state index in [9.17, 15) is 14.9 Å². The van der Waals surface area contributed by atoms with Crippen LogP contribution < -0.4 is 0 Å². The Morgan fingerprint density at radius 2 is 2.06 bits per heavy atom. The van der Waals surface area contributed by atoms with Crippen molar-refractivity contribution in [1.82, 2.24) is 0 Å². The molecule has 0 unspecified atom stereocenters. The zero-order valence-corrected chi connectivity index (χ0v) is 9.60. The summed E-state index contributed by atoms with van der Waals surface area (Å²) in [5, 5.41) is 10.4. The van der Waals surface area contributed by atoms with Gasteiger partial charge in [-0.15, -0.1) is 0 Å². The lowest BCUT2D eigenvalue weighted by atomic mass is 10.1. The number of nitro benzene ring substituents is 1. The van der Waals surface area contributed by atoms with Crippen LogP contribution in [0.3, 0.4) is 0 Å². The highest BCUT2D eigenvalue weighted by atomic mass is 16.6. The van der Waals surface area contributed by atoms with Crippen molar-refractivity contribution < 1.29 is 14.5 Å². The molecule has 0 aromatic heterocycles. The van der Waals surface area contributed by atoms with Crippen molar-refractivity contribution in [1.29, 1.82) is 0 Å². The topological polar surface area (TPSA) is 69.4 Å². The van der Waals surface area contributed by atoms with Crippen molar-refractivity contribution in [2.24, 2.45) is 0 Å². The van der Waals surface area contributed by atoms with E-state index in [-0.39, 0.29) is 12.1 Å². The van der Waals surface area contributed by atoms with Crippen molar-refractivity contribution in [3.8, 4) is 0 Å². The average molecular weight is 225 g/mol. The van der Waals surface area contributed by atoms with Crippen LogP contribution in [-0.4, -0.2) is 18.0 Å². The minimum atomic E-state index is -0.499. The molecule has 0 spiro atoms. The molecular weight excluding hydrogens is 210 g/mol. The number of methoxy groups -OCH3 is 1. The second-order valence-corrected chi connectivity index (χ2v) is 2.68. The number of benzene rings is 1. The van der Waals surface area contributed by atoms with Crippen molar-refractivity contribution in [2.75, 3.05) is 7.11 Å². The summed E-state index contributed by atoms with van der Waals surface area (Å²) in [7, 11) is 1.28. The molecule has 0 heterocycles. The van der Waals surface area contributed by atoms with Gasteiger partial charge in [0, 0.05) is 12.1 Å². The summed E-state index contributed by atoms with van der Waals surface area (Å²) in [6, 6.07) is 5.91. The molecule has 0 amide bonds. The second-order valence-electron chi connectivity index (χ2n) is 2.68. The summed E-state index contributed by atoms with van der Waals surface area (Å²) >= 11 is 0. The maximum atomic E-state index is 10.9. The minimum absolute atomic E-state index is 0.0218. The van der Waals surface area contributed by atoms with Crippen LogP contribution in [0.2, 0.25) is 0 Å². The van der Waals surface area contributed by atoms with Gasteiger partial charge in [0.05, 0.1) is 18.5 Å². The maximum Gasteiger partial charge on any atom is 0.309 e. The Labute approximate surface area is 94.2 Å². The first kappa shape index (κ1) is 14.1. The number of nitrogens with zero attached hydrogens (tertiary/aromatic N) is 1. The van der Waals surface area contributed by atoms with Crippen molar-refractivity contribution in [2.45, 2.75) is 20.3 Å². The van der Waals surface area contributed by atoms with Gasteiger partial charge >= 0.3 is 5.97 Å². The number of carbonyl (C=O) groups excluding carboxylic acids is 1. The summed E-state index contributed by atoms with van der Waals surface area (Å²) in [5.41, 5.74) is 0.553. The third-order valence-corrected chi connectivity index (χ3v) is 1.70. The molecule has 0 saturated carbocycles. The lowest BCUT2D eigenvalue weighted by molar-refractivity contribution is -0.384. The van der Waals surface area contributed by atoms with E-state index < -0.39 is 10.9 Å². The molecule has 5 heteroatoms. The third-order valence-electron chi connectivity index (χ3n) is 1.70. The Hall–Kier alpha value is -1.91. The fraction of sp³-hybridized carbons (Fsp3) is 0.364. The first-order valence-electron chi connectivity index (χ1n) is 4.93. The van der Waals surface area contributed by atoms with Crippen LogP contribution in [0.15, 0.2) is 24.3 Å². The van der Waals surface area contributed by atoms with Crippen LogP contribution in [-0.2, 0) is 16.0 Å². The number of ether oxygens (including phenoxy) is 1. The molecule has 0 atom stereocenters. The summed E-state index contributed by atoms with van der Waals surface area (Å²) in [5.74, 6) is -0.412. The van der Waals surface area contributed by atoms with Crippen LogP contribution in [0.5, 0.6) is 0 Å². The van der Waals surface area contributed by atoms with Crippen LogP contribution in [0.25, 0.3) is 0 Å². The molecule has 1 aromatic carbocycles. The number of nitro groups is 1. The normalized spacial score (nSPS) is 8.69. The summed E-state index contributed by atoms with van der Waals surface area (Å²) in [6.45, 7) is 4.00.